The summed E-state index contributed by atoms with van der Waals surface area (Å²) in [6.07, 6.45) is 4.39. The van der Waals surface area contributed by atoms with Crippen LogP contribution in [0.1, 0.15) is 12.1 Å². The van der Waals surface area contributed by atoms with Crippen LogP contribution in [-0.4, -0.2) is 59.4 Å². The van der Waals surface area contributed by atoms with E-state index in [1.54, 1.807) is 12.5 Å². The van der Waals surface area contributed by atoms with Crippen molar-refractivity contribution in [3.05, 3.63) is 36.4 Å². The quantitative estimate of drug-likeness (QED) is 0.636. The molecule has 4 heterocycles. The summed E-state index contributed by atoms with van der Waals surface area (Å²) in [5.74, 6) is 1.86. The molecular formula is C19H23N5O3. The second kappa shape index (κ2) is 8.32. The van der Waals surface area contributed by atoms with Gasteiger partial charge in [0.25, 0.3) is 0 Å². The Hall–Kier alpha value is -2.71. The molecule has 0 aromatic carbocycles. The third-order valence-electron chi connectivity index (χ3n) is 4.47. The minimum absolute atomic E-state index is 0.573. The van der Waals surface area contributed by atoms with Crippen LogP contribution in [0.2, 0.25) is 0 Å². The highest BCUT2D eigenvalue weighted by Gasteiger charge is 2.17. The van der Waals surface area contributed by atoms with Crippen molar-refractivity contribution in [2.75, 3.05) is 44.7 Å². The molecule has 142 valence electrons. The van der Waals surface area contributed by atoms with E-state index in [1.807, 2.05) is 25.1 Å². The van der Waals surface area contributed by atoms with Crippen molar-refractivity contribution in [2.24, 2.45) is 0 Å². The van der Waals surface area contributed by atoms with E-state index >= 15 is 0 Å². The first kappa shape index (κ1) is 17.7. The highest BCUT2D eigenvalue weighted by molar-refractivity contribution is 5.75. The Morgan fingerprint density at radius 3 is 2.85 bits per heavy atom. The van der Waals surface area contributed by atoms with Crippen molar-refractivity contribution in [2.45, 2.75) is 13.3 Å². The Bertz CT molecular complexity index is 856. The van der Waals surface area contributed by atoms with Gasteiger partial charge in [-0.2, -0.15) is 0 Å². The maximum atomic E-state index is 5.55. The first-order chi connectivity index (χ1) is 13.3. The molecule has 0 spiro atoms. The molecule has 0 unspecified atom stereocenters. The van der Waals surface area contributed by atoms with Crippen molar-refractivity contribution in [3.63, 3.8) is 0 Å². The monoisotopic (exact) mass is 369 g/mol. The van der Waals surface area contributed by atoms with Crippen LogP contribution in [0.4, 0.5) is 5.95 Å². The highest BCUT2D eigenvalue weighted by Crippen LogP contribution is 2.31. The largest absolute Gasteiger partial charge is 0.463 e. The van der Waals surface area contributed by atoms with Gasteiger partial charge in [0.15, 0.2) is 11.5 Å². The van der Waals surface area contributed by atoms with Gasteiger partial charge in [-0.25, -0.2) is 9.97 Å². The molecule has 1 aliphatic heterocycles. The number of nitrogens with one attached hydrogen (secondary N) is 1. The number of furan rings is 1. The average molecular weight is 369 g/mol. The summed E-state index contributed by atoms with van der Waals surface area (Å²) in [5, 5.41) is 7.26. The number of rotatable bonds is 7. The van der Waals surface area contributed by atoms with Crippen LogP contribution in [0, 0.1) is 6.92 Å². The van der Waals surface area contributed by atoms with Gasteiger partial charge in [0.2, 0.25) is 5.95 Å². The van der Waals surface area contributed by atoms with E-state index in [0.29, 0.717) is 23.2 Å². The number of nitrogens with zero attached hydrogens (tertiary/aromatic N) is 4. The Morgan fingerprint density at radius 2 is 2.11 bits per heavy atom. The number of hydrogen-bond acceptors (Lipinski definition) is 8. The van der Waals surface area contributed by atoms with Gasteiger partial charge in [0.05, 0.1) is 30.7 Å². The van der Waals surface area contributed by atoms with Crippen LogP contribution in [0.15, 0.2) is 39.6 Å². The smallest absolute Gasteiger partial charge is 0.223 e. The molecule has 3 aromatic heterocycles. The Balaban J connectivity index is 1.45. The number of anilines is 1. The number of ether oxygens (including phenoxy) is 1. The van der Waals surface area contributed by atoms with E-state index in [2.05, 4.69) is 25.3 Å². The third kappa shape index (κ3) is 4.35. The van der Waals surface area contributed by atoms with Gasteiger partial charge >= 0.3 is 0 Å². The molecule has 3 aromatic rings. The predicted molar refractivity (Wildman–Crippen MR) is 100 cm³/mol. The third-order valence-corrected chi connectivity index (χ3v) is 4.47. The first-order valence-corrected chi connectivity index (χ1v) is 9.18. The van der Waals surface area contributed by atoms with Crippen LogP contribution in [0.3, 0.4) is 0 Å². The summed E-state index contributed by atoms with van der Waals surface area (Å²) in [6, 6.07) is 5.57. The Kier molecular flexibility index (Phi) is 5.45. The summed E-state index contributed by atoms with van der Waals surface area (Å²) < 4.78 is 16.3. The van der Waals surface area contributed by atoms with Gasteiger partial charge in [-0.1, -0.05) is 5.16 Å². The van der Waals surface area contributed by atoms with E-state index in [-0.39, 0.29) is 0 Å². The van der Waals surface area contributed by atoms with Crippen molar-refractivity contribution < 1.29 is 13.7 Å². The average Bonchev–Trinajstić information content (AvgIpc) is 3.38. The molecule has 0 atom stereocenters. The fourth-order valence-corrected chi connectivity index (χ4v) is 3.07. The summed E-state index contributed by atoms with van der Waals surface area (Å²) in [4.78, 5) is 11.5. The van der Waals surface area contributed by atoms with Crippen LogP contribution < -0.4 is 5.32 Å². The van der Waals surface area contributed by atoms with E-state index in [9.17, 15) is 0 Å². The fourth-order valence-electron chi connectivity index (χ4n) is 3.07. The molecule has 27 heavy (non-hydrogen) atoms. The minimum Gasteiger partial charge on any atom is -0.463 e. The van der Waals surface area contributed by atoms with Gasteiger partial charge in [0, 0.05) is 31.9 Å². The topological polar surface area (TPSA) is 89.5 Å². The molecule has 0 aliphatic carbocycles. The lowest BCUT2D eigenvalue weighted by atomic mass is 10.1. The van der Waals surface area contributed by atoms with Crippen molar-refractivity contribution in [1.82, 2.24) is 20.0 Å². The van der Waals surface area contributed by atoms with E-state index in [4.69, 9.17) is 13.7 Å². The zero-order chi connectivity index (χ0) is 18.5. The first-order valence-electron chi connectivity index (χ1n) is 9.18. The standard InChI is InChI=1S/C19H23N5O3/c1-14-12-17(27-23-14)15-13-21-19(22-18(15)16-4-2-9-26-16)20-5-3-6-24-7-10-25-11-8-24/h2,4,9,12-13H,3,5-8,10-11H2,1H3,(H,20,21,22). The van der Waals surface area contributed by atoms with E-state index in [0.717, 1.165) is 57.1 Å². The molecule has 0 saturated carbocycles. The van der Waals surface area contributed by atoms with Gasteiger partial charge < -0.3 is 19.0 Å². The molecule has 0 amide bonds. The lowest BCUT2D eigenvalue weighted by molar-refractivity contribution is 0.0378. The SMILES string of the molecule is Cc1cc(-c2cnc(NCCCN3CCOCC3)nc2-c2ccco2)on1. The number of aryl methyl sites for hydroxylation is 1. The van der Waals surface area contributed by atoms with Gasteiger partial charge in [-0.15, -0.1) is 0 Å². The summed E-state index contributed by atoms with van der Waals surface area (Å²) in [7, 11) is 0. The second-order valence-corrected chi connectivity index (χ2v) is 6.50. The lowest BCUT2D eigenvalue weighted by Gasteiger charge is -2.26. The van der Waals surface area contributed by atoms with Crippen molar-refractivity contribution in [3.8, 4) is 22.8 Å². The molecule has 4 rings (SSSR count). The van der Waals surface area contributed by atoms with Crippen molar-refractivity contribution in [1.29, 1.82) is 0 Å². The van der Waals surface area contributed by atoms with Gasteiger partial charge in [0.1, 0.15) is 5.69 Å². The van der Waals surface area contributed by atoms with Crippen LogP contribution in [0.5, 0.6) is 0 Å². The van der Waals surface area contributed by atoms with Gasteiger partial charge in [-0.3, -0.25) is 4.90 Å². The molecule has 8 heteroatoms. The normalized spacial score (nSPS) is 15.1. The molecular weight excluding hydrogens is 346 g/mol. The van der Waals surface area contributed by atoms with E-state index < -0.39 is 0 Å². The van der Waals surface area contributed by atoms with Crippen LogP contribution in [-0.2, 0) is 4.74 Å². The van der Waals surface area contributed by atoms with Crippen LogP contribution >= 0.6 is 0 Å². The fraction of sp³-hybridized carbons (Fsp3) is 0.421. The predicted octanol–water partition coefficient (Wildman–Crippen LogP) is 2.83. The molecule has 8 nitrogen and oxygen atoms in total. The molecule has 1 aliphatic rings. The summed E-state index contributed by atoms with van der Waals surface area (Å²) >= 11 is 0. The zero-order valence-electron chi connectivity index (χ0n) is 15.4. The molecule has 0 radical (unpaired) electrons. The Labute approximate surface area is 157 Å². The molecule has 1 N–H and O–H groups in total. The van der Waals surface area contributed by atoms with Gasteiger partial charge in [-0.05, 0) is 32.0 Å². The molecule has 1 saturated heterocycles. The maximum Gasteiger partial charge on any atom is 0.223 e. The summed E-state index contributed by atoms with van der Waals surface area (Å²) in [6.45, 7) is 7.38. The lowest BCUT2D eigenvalue weighted by Crippen LogP contribution is -2.37. The molecule has 0 bridgehead atoms. The number of hydrogen-bond donors (Lipinski definition) is 1. The minimum atomic E-state index is 0.573. The number of aromatic nitrogens is 3. The van der Waals surface area contributed by atoms with E-state index in [1.165, 1.54) is 0 Å². The number of morpholine rings is 1. The second-order valence-electron chi connectivity index (χ2n) is 6.50. The van der Waals surface area contributed by atoms with Crippen molar-refractivity contribution >= 4 is 5.95 Å². The molecule has 1 fully saturated rings. The maximum absolute atomic E-state index is 5.55. The van der Waals surface area contributed by atoms with Crippen LogP contribution in [0.25, 0.3) is 22.8 Å². The highest BCUT2D eigenvalue weighted by atomic mass is 16.5. The summed E-state index contributed by atoms with van der Waals surface area (Å²) in [5.41, 5.74) is 2.24. The zero-order valence-corrected chi connectivity index (χ0v) is 15.4. The Morgan fingerprint density at radius 1 is 1.22 bits per heavy atom.